The summed E-state index contributed by atoms with van der Waals surface area (Å²) in [6.07, 6.45) is 4.79. The van der Waals surface area contributed by atoms with Gasteiger partial charge in [-0.1, -0.05) is 6.07 Å². The summed E-state index contributed by atoms with van der Waals surface area (Å²) >= 11 is 0. The van der Waals surface area contributed by atoms with Crippen LogP contribution in [0.3, 0.4) is 0 Å². The Balaban J connectivity index is 0.00000160. The largest absolute Gasteiger partial charge is 0.319 e. The molecule has 2 aliphatic rings. The minimum atomic E-state index is -2.53. The topological polar surface area (TPSA) is 59.0 Å². The summed E-state index contributed by atoms with van der Waals surface area (Å²) in [6, 6.07) is 4.88. The zero-order valence-electron chi connectivity index (χ0n) is 16.4. The van der Waals surface area contributed by atoms with Gasteiger partial charge in [-0.25, -0.2) is 13.2 Å². The highest BCUT2D eigenvalue weighted by Gasteiger charge is 2.42. The molecular formula is C20H25Cl2F3N4O. The zero-order valence-corrected chi connectivity index (χ0v) is 18.0. The fourth-order valence-electron chi connectivity index (χ4n) is 3.89. The van der Waals surface area contributed by atoms with Crippen LogP contribution in [0.4, 0.5) is 18.9 Å². The van der Waals surface area contributed by atoms with E-state index < -0.39 is 17.6 Å². The van der Waals surface area contributed by atoms with E-state index in [1.165, 1.54) is 12.3 Å². The van der Waals surface area contributed by atoms with Crippen LogP contribution in [0.5, 0.6) is 0 Å². The van der Waals surface area contributed by atoms with Crippen molar-refractivity contribution in [1.29, 1.82) is 0 Å². The molecule has 2 saturated carbocycles. The number of nitrogens with zero attached hydrogens (tertiary/aromatic N) is 2. The van der Waals surface area contributed by atoms with E-state index in [0.717, 1.165) is 12.0 Å². The van der Waals surface area contributed by atoms with Crippen molar-refractivity contribution in [2.24, 2.45) is 7.05 Å². The normalized spacial score (nSPS) is 22.5. The molecule has 0 bridgehead atoms. The van der Waals surface area contributed by atoms with Gasteiger partial charge in [0, 0.05) is 44.1 Å². The lowest BCUT2D eigenvalue weighted by Crippen LogP contribution is -2.38. The molecule has 4 rings (SSSR count). The van der Waals surface area contributed by atoms with Gasteiger partial charge in [-0.05, 0) is 37.0 Å². The quantitative estimate of drug-likeness (QED) is 0.675. The highest BCUT2D eigenvalue weighted by molar-refractivity contribution is 6.04. The van der Waals surface area contributed by atoms with Crippen LogP contribution in [-0.2, 0) is 7.05 Å². The van der Waals surface area contributed by atoms with Crippen molar-refractivity contribution in [2.45, 2.75) is 56.0 Å². The van der Waals surface area contributed by atoms with Gasteiger partial charge in [0.2, 0.25) is 5.92 Å². The summed E-state index contributed by atoms with van der Waals surface area (Å²) in [5.74, 6) is -3.46. The standard InChI is InChI=1S/C20H23F3N4O.2ClH/c1-27-11-14(10-24-27)26-19(28)16-8-12(2-3-17(16)21)15-9-18(15)25-13-4-6-20(22,23)7-5-13;;/h2-3,8,10-11,13,15,18,25H,4-7,9H2,1H3,(H,26,28);2*1H. The van der Waals surface area contributed by atoms with Crippen LogP contribution >= 0.6 is 24.8 Å². The molecule has 0 spiro atoms. The minimum absolute atomic E-state index is 0. The zero-order chi connectivity index (χ0) is 19.9. The summed E-state index contributed by atoms with van der Waals surface area (Å²) in [5, 5.41) is 10.1. The lowest BCUT2D eigenvalue weighted by atomic mass is 9.92. The number of halogens is 5. The molecule has 1 amide bonds. The number of alkyl halides is 2. The maximum absolute atomic E-state index is 14.2. The second kappa shape index (κ2) is 9.58. The molecule has 2 atom stereocenters. The van der Waals surface area contributed by atoms with E-state index in [-0.39, 0.29) is 61.2 Å². The number of hydrogen-bond donors (Lipinski definition) is 2. The van der Waals surface area contributed by atoms with E-state index in [1.807, 2.05) is 0 Å². The highest BCUT2D eigenvalue weighted by Crippen LogP contribution is 2.43. The number of amides is 1. The van der Waals surface area contributed by atoms with Crippen molar-refractivity contribution >= 4 is 36.4 Å². The average Bonchev–Trinajstić information content (AvgIpc) is 3.29. The van der Waals surface area contributed by atoms with Gasteiger partial charge in [0.25, 0.3) is 5.91 Å². The van der Waals surface area contributed by atoms with Gasteiger partial charge in [0.1, 0.15) is 5.82 Å². The van der Waals surface area contributed by atoms with Crippen LogP contribution in [0.1, 0.15) is 53.9 Å². The van der Waals surface area contributed by atoms with E-state index >= 15 is 0 Å². The van der Waals surface area contributed by atoms with E-state index in [1.54, 1.807) is 30.1 Å². The third-order valence-corrected chi connectivity index (χ3v) is 5.58. The third kappa shape index (κ3) is 5.68. The average molecular weight is 465 g/mol. The first-order valence-electron chi connectivity index (χ1n) is 9.54. The maximum Gasteiger partial charge on any atom is 0.258 e. The Morgan fingerprint density at radius 2 is 1.93 bits per heavy atom. The van der Waals surface area contributed by atoms with E-state index in [0.29, 0.717) is 18.5 Å². The van der Waals surface area contributed by atoms with Gasteiger partial charge in [-0.15, -0.1) is 24.8 Å². The number of aromatic nitrogens is 2. The lowest BCUT2D eigenvalue weighted by Gasteiger charge is -2.29. The van der Waals surface area contributed by atoms with Crippen LogP contribution in [-0.4, -0.2) is 33.7 Å². The molecule has 1 heterocycles. The second-order valence-corrected chi connectivity index (χ2v) is 7.84. The fraction of sp³-hybridized carbons (Fsp3) is 0.500. The van der Waals surface area contributed by atoms with Gasteiger partial charge < -0.3 is 10.6 Å². The van der Waals surface area contributed by atoms with Crippen LogP contribution in [0.25, 0.3) is 0 Å². The minimum Gasteiger partial charge on any atom is -0.319 e. The molecule has 10 heteroatoms. The molecule has 2 aromatic rings. The number of benzene rings is 1. The predicted octanol–water partition coefficient (Wildman–Crippen LogP) is 4.68. The van der Waals surface area contributed by atoms with E-state index in [4.69, 9.17) is 0 Å². The molecule has 0 radical (unpaired) electrons. The first-order chi connectivity index (χ1) is 13.3. The summed E-state index contributed by atoms with van der Waals surface area (Å²) < 4.78 is 42.3. The van der Waals surface area contributed by atoms with Crippen LogP contribution < -0.4 is 10.6 Å². The Morgan fingerprint density at radius 3 is 2.57 bits per heavy atom. The number of carbonyl (C=O) groups excluding carboxylic acids is 1. The Kier molecular flexibility index (Phi) is 7.82. The third-order valence-electron chi connectivity index (χ3n) is 5.58. The Bertz CT molecular complexity index is 883. The molecule has 2 fully saturated rings. The van der Waals surface area contributed by atoms with Crippen molar-refractivity contribution in [1.82, 2.24) is 15.1 Å². The lowest BCUT2D eigenvalue weighted by molar-refractivity contribution is -0.0405. The Labute approximate surface area is 185 Å². The molecule has 2 N–H and O–H groups in total. The van der Waals surface area contributed by atoms with Crippen molar-refractivity contribution in [3.05, 3.63) is 47.5 Å². The predicted molar refractivity (Wildman–Crippen MR) is 114 cm³/mol. The van der Waals surface area contributed by atoms with Crippen molar-refractivity contribution in [2.75, 3.05) is 5.32 Å². The summed E-state index contributed by atoms with van der Waals surface area (Å²) in [5.41, 5.74) is 1.37. The Morgan fingerprint density at radius 1 is 1.23 bits per heavy atom. The van der Waals surface area contributed by atoms with Gasteiger partial charge in [0.15, 0.2) is 0 Å². The Hall–Kier alpha value is -1.77. The van der Waals surface area contributed by atoms with Crippen molar-refractivity contribution < 1.29 is 18.0 Å². The molecule has 2 unspecified atom stereocenters. The molecule has 1 aromatic heterocycles. The van der Waals surface area contributed by atoms with Crippen molar-refractivity contribution in [3.63, 3.8) is 0 Å². The van der Waals surface area contributed by atoms with Gasteiger partial charge in [-0.2, -0.15) is 5.10 Å². The molecule has 2 aliphatic carbocycles. The summed E-state index contributed by atoms with van der Waals surface area (Å²) in [7, 11) is 1.73. The first kappa shape index (κ1) is 24.5. The molecule has 166 valence electrons. The SMILES string of the molecule is Cl.Cl.Cn1cc(NC(=O)c2cc(C3CC3NC3CCC(F)(F)CC3)ccc2F)cn1. The number of carbonyl (C=O) groups is 1. The molecular weight excluding hydrogens is 440 g/mol. The molecule has 30 heavy (non-hydrogen) atoms. The number of hydrogen-bond acceptors (Lipinski definition) is 3. The summed E-state index contributed by atoms with van der Waals surface area (Å²) in [4.78, 5) is 12.4. The number of rotatable bonds is 5. The van der Waals surface area contributed by atoms with Crippen LogP contribution in [0.15, 0.2) is 30.6 Å². The van der Waals surface area contributed by atoms with E-state index in [2.05, 4.69) is 15.7 Å². The molecule has 1 aromatic carbocycles. The molecule has 0 aliphatic heterocycles. The van der Waals surface area contributed by atoms with Gasteiger partial charge >= 0.3 is 0 Å². The van der Waals surface area contributed by atoms with Gasteiger partial charge in [0.05, 0.1) is 17.4 Å². The van der Waals surface area contributed by atoms with Crippen molar-refractivity contribution in [3.8, 4) is 0 Å². The highest BCUT2D eigenvalue weighted by atomic mass is 35.5. The second-order valence-electron chi connectivity index (χ2n) is 7.84. The summed E-state index contributed by atoms with van der Waals surface area (Å²) in [6.45, 7) is 0. The number of anilines is 1. The number of aryl methyl sites for hydroxylation is 1. The number of nitrogens with one attached hydrogen (secondary N) is 2. The molecule has 0 saturated heterocycles. The van der Waals surface area contributed by atoms with E-state index in [9.17, 15) is 18.0 Å². The maximum atomic E-state index is 14.2. The van der Waals surface area contributed by atoms with Gasteiger partial charge in [-0.3, -0.25) is 9.48 Å². The molecule has 5 nitrogen and oxygen atoms in total. The van der Waals surface area contributed by atoms with Crippen LogP contribution in [0, 0.1) is 5.82 Å². The first-order valence-corrected chi connectivity index (χ1v) is 9.54. The smallest absolute Gasteiger partial charge is 0.258 e. The van der Waals surface area contributed by atoms with Crippen LogP contribution in [0.2, 0.25) is 0 Å². The fourth-order valence-corrected chi connectivity index (χ4v) is 3.89. The monoisotopic (exact) mass is 464 g/mol.